The largest absolute Gasteiger partial charge is 0.327 e. The highest BCUT2D eigenvalue weighted by atomic mass is 35.5. The van der Waals surface area contributed by atoms with Crippen LogP contribution >= 0.6 is 23.7 Å². The minimum atomic E-state index is 0. The number of anilines is 1. The quantitative estimate of drug-likeness (QED) is 0.887. The van der Waals surface area contributed by atoms with Crippen molar-refractivity contribution in [2.45, 2.75) is 57.4 Å². The van der Waals surface area contributed by atoms with Crippen LogP contribution in [0.25, 0.3) is 0 Å². The minimum Gasteiger partial charge on any atom is -0.327 e. The molecule has 0 saturated heterocycles. The molecule has 2 saturated carbocycles. The summed E-state index contributed by atoms with van der Waals surface area (Å²) in [6.07, 6.45) is 8.92. The maximum Gasteiger partial charge on any atom is 0.226 e. The zero-order valence-electron chi connectivity index (χ0n) is 12.7. The van der Waals surface area contributed by atoms with Gasteiger partial charge in [-0.05, 0) is 56.3 Å². The first kappa shape index (κ1) is 16.2. The third-order valence-electron chi connectivity index (χ3n) is 5.56. The number of thiazole rings is 1. The van der Waals surface area contributed by atoms with Crippen LogP contribution in [0.1, 0.15) is 49.1 Å². The number of amides is 1. The van der Waals surface area contributed by atoms with Crippen molar-refractivity contribution in [3.05, 3.63) is 10.6 Å². The number of nitrogens with zero attached hydrogens (tertiary/aromatic N) is 1. The Morgan fingerprint density at radius 2 is 2.18 bits per heavy atom. The maximum atomic E-state index is 12.3. The zero-order chi connectivity index (χ0) is 14.4. The molecule has 3 aliphatic carbocycles. The Labute approximate surface area is 141 Å². The van der Waals surface area contributed by atoms with Gasteiger partial charge in [-0.25, -0.2) is 4.98 Å². The van der Waals surface area contributed by atoms with Crippen molar-refractivity contribution in [2.75, 3.05) is 5.32 Å². The molecule has 0 spiro atoms. The van der Waals surface area contributed by atoms with Crippen LogP contribution in [0.3, 0.4) is 0 Å². The molecule has 122 valence electrons. The molecule has 2 bridgehead atoms. The van der Waals surface area contributed by atoms with E-state index in [1.807, 2.05) is 0 Å². The van der Waals surface area contributed by atoms with Gasteiger partial charge in [0.2, 0.25) is 5.91 Å². The van der Waals surface area contributed by atoms with E-state index in [4.69, 9.17) is 5.73 Å². The van der Waals surface area contributed by atoms with Crippen LogP contribution in [0.4, 0.5) is 5.13 Å². The molecule has 4 nitrogen and oxygen atoms in total. The molecule has 3 unspecified atom stereocenters. The molecule has 1 aromatic heterocycles. The van der Waals surface area contributed by atoms with Gasteiger partial charge in [0.25, 0.3) is 0 Å². The van der Waals surface area contributed by atoms with Gasteiger partial charge in [0.15, 0.2) is 5.13 Å². The molecule has 0 aromatic carbocycles. The molecule has 0 aliphatic heterocycles. The number of fused-ring (bicyclic) bond motifs is 3. The Bertz CT molecular complexity index is 562. The first-order valence-corrected chi connectivity index (χ1v) is 9.03. The first-order valence-electron chi connectivity index (χ1n) is 8.21. The van der Waals surface area contributed by atoms with Crippen molar-refractivity contribution in [3.63, 3.8) is 0 Å². The lowest BCUT2D eigenvalue weighted by Gasteiger charge is -2.20. The minimum absolute atomic E-state index is 0. The fourth-order valence-electron chi connectivity index (χ4n) is 4.49. The number of nitrogens with one attached hydrogen (secondary N) is 1. The van der Waals surface area contributed by atoms with Crippen LogP contribution < -0.4 is 11.1 Å². The van der Waals surface area contributed by atoms with Crippen molar-refractivity contribution >= 4 is 34.8 Å². The Morgan fingerprint density at radius 3 is 2.91 bits per heavy atom. The van der Waals surface area contributed by atoms with Gasteiger partial charge in [-0.15, -0.1) is 23.7 Å². The molecule has 1 aromatic rings. The zero-order valence-corrected chi connectivity index (χ0v) is 14.3. The predicted molar refractivity (Wildman–Crippen MR) is 91.5 cm³/mol. The second kappa shape index (κ2) is 6.46. The summed E-state index contributed by atoms with van der Waals surface area (Å²) >= 11 is 1.62. The predicted octanol–water partition coefficient (Wildman–Crippen LogP) is 3.15. The SMILES string of the molecule is Cl.N[C@H]1CCc2nc(NC(=O)CC3CC4CCC3C4)sc2C1. The van der Waals surface area contributed by atoms with Crippen LogP contribution in [-0.2, 0) is 17.6 Å². The standard InChI is InChI=1S/C16H23N3OS.ClH/c17-12-3-4-13-14(8-12)21-16(18-13)19-15(20)7-11-6-9-1-2-10(11)5-9;/h9-12H,1-8,17H2,(H,18,19,20);1H/t9?,10?,11?,12-;/m0./s1. The Kier molecular flexibility index (Phi) is 4.76. The number of carbonyl (C=O) groups excluding carboxylic acids is 1. The maximum absolute atomic E-state index is 12.3. The summed E-state index contributed by atoms with van der Waals surface area (Å²) in [5.41, 5.74) is 7.15. The third kappa shape index (κ3) is 3.17. The van der Waals surface area contributed by atoms with Crippen LogP contribution in [-0.4, -0.2) is 16.9 Å². The monoisotopic (exact) mass is 341 g/mol. The van der Waals surface area contributed by atoms with Gasteiger partial charge >= 0.3 is 0 Å². The lowest BCUT2D eigenvalue weighted by atomic mass is 9.86. The molecule has 0 radical (unpaired) electrons. The van der Waals surface area contributed by atoms with Crippen LogP contribution in [0.5, 0.6) is 0 Å². The molecule has 1 heterocycles. The molecule has 3 aliphatic rings. The van der Waals surface area contributed by atoms with E-state index in [0.717, 1.165) is 41.9 Å². The smallest absolute Gasteiger partial charge is 0.226 e. The van der Waals surface area contributed by atoms with E-state index in [1.54, 1.807) is 11.3 Å². The summed E-state index contributed by atoms with van der Waals surface area (Å²) in [6, 6.07) is 0.260. The fourth-order valence-corrected chi connectivity index (χ4v) is 5.61. The van der Waals surface area contributed by atoms with Gasteiger partial charge in [-0.1, -0.05) is 6.42 Å². The third-order valence-corrected chi connectivity index (χ3v) is 6.59. The molecule has 6 heteroatoms. The van der Waals surface area contributed by atoms with Gasteiger partial charge in [0.05, 0.1) is 5.69 Å². The van der Waals surface area contributed by atoms with E-state index >= 15 is 0 Å². The molecule has 1 amide bonds. The number of hydrogen-bond acceptors (Lipinski definition) is 4. The highest BCUT2D eigenvalue weighted by Gasteiger charge is 2.40. The van der Waals surface area contributed by atoms with Crippen molar-refractivity contribution in [2.24, 2.45) is 23.5 Å². The Morgan fingerprint density at radius 1 is 1.32 bits per heavy atom. The van der Waals surface area contributed by atoms with Crippen LogP contribution in [0, 0.1) is 17.8 Å². The highest BCUT2D eigenvalue weighted by Crippen LogP contribution is 2.49. The number of aryl methyl sites for hydroxylation is 1. The number of carbonyl (C=O) groups is 1. The van der Waals surface area contributed by atoms with Gasteiger partial charge in [0.1, 0.15) is 0 Å². The fraction of sp³-hybridized carbons (Fsp3) is 0.750. The van der Waals surface area contributed by atoms with Crippen molar-refractivity contribution in [1.82, 2.24) is 4.98 Å². The van der Waals surface area contributed by atoms with E-state index < -0.39 is 0 Å². The summed E-state index contributed by atoms with van der Waals surface area (Å²) in [5.74, 6) is 2.49. The van der Waals surface area contributed by atoms with Crippen LogP contribution in [0.15, 0.2) is 0 Å². The summed E-state index contributed by atoms with van der Waals surface area (Å²) in [4.78, 5) is 18.1. The summed E-state index contributed by atoms with van der Waals surface area (Å²) in [5, 5.41) is 3.81. The summed E-state index contributed by atoms with van der Waals surface area (Å²) < 4.78 is 0. The van der Waals surface area contributed by atoms with Crippen LogP contribution in [0.2, 0.25) is 0 Å². The summed E-state index contributed by atoms with van der Waals surface area (Å²) in [6.45, 7) is 0. The number of hydrogen-bond donors (Lipinski definition) is 2. The average molecular weight is 342 g/mol. The van der Waals surface area contributed by atoms with Gasteiger partial charge in [-0.3, -0.25) is 4.79 Å². The number of halogens is 1. The van der Waals surface area contributed by atoms with Gasteiger partial charge in [0, 0.05) is 17.3 Å². The lowest BCUT2D eigenvalue weighted by Crippen LogP contribution is -2.27. The molecule has 22 heavy (non-hydrogen) atoms. The molecule has 4 rings (SSSR count). The molecular weight excluding hydrogens is 318 g/mol. The van der Waals surface area contributed by atoms with E-state index in [1.165, 1.54) is 30.6 Å². The van der Waals surface area contributed by atoms with Gasteiger partial charge in [-0.2, -0.15) is 0 Å². The number of nitrogens with two attached hydrogens (primary N) is 1. The second-order valence-corrected chi connectivity index (χ2v) is 8.16. The van der Waals surface area contributed by atoms with E-state index in [-0.39, 0.29) is 24.4 Å². The van der Waals surface area contributed by atoms with E-state index in [2.05, 4.69) is 10.3 Å². The molecular formula is C16H24ClN3OS. The Balaban J connectivity index is 0.00000144. The van der Waals surface area contributed by atoms with Crippen molar-refractivity contribution < 1.29 is 4.79 Å². The van der Waals surface area contributed by atoms with Crippen molar-refractivity contribution in [1.29, 1.82) is 0 Å². The molecule has 3 N–H and O–H groups in total. The van der Waals surface area contributed by atoms with Crippen molar-refractivity contribution in [3.8, 4) is 0 Å². The van der Waals surface area contributed by atoms with E-state index in [9.17, 15) is 4.79 Å². The highest BCUT2D eigenvalue weighted by molar-refractivity contribution is 7.15. The lowest BCUT2D eigenvalue weighted by molar-refractivity contribution is -0.117. The second-order valence-electron chi connectivity index (χ2n) is 7.08. The summed E-state index contributed by atoms with van der Waals surface area (Å²) in [7, 11) is 0. The van der Waals surface area contributed by atoms with Gasteiger partial charge < -0.3 is 11.1 Å². The van der Waals surface area contributed by atoms with E-state index in [0.29, 0.717) is 12.3 Å². The molecule has 4 atom stereocenters. The first-order chi connectivity index (χ1) is 10.2. The topological polar surface area (TPSA) is 68.0 Å². The normalized spacial score (nSPS) is 32.4. The molecule has 2 fully saturated rings. The average Bonchev–Trinajstić information content (AvgIpc) is 3.12. The number of rotatable bonds is 3. The Hall–Kier alpha value is -0.650. The number of aromatic nitrogens is 1.